The van der Waals surface area contributed by atoms with E-state index in [-0.39, 0.29) is 0 Å². The summed E-state index contributed by atoms with van der Waals surface area (Å²) in [5.41, 5.74) is 0. The summed E-state index contributed by atoms with van der Waals surface area (Å²) in [6, 6.07) is 1.11. The average Bonchev–Trinajstić information content (AvgIpc) is 2.34. The average molecular weight is 164 g/mol. The molecule has 54 valence electrons. The highest BCUT2D eigenvalue weighted by molar-refractivity contribution is 6.53. The van der Waals surface area contributed by atoms with Crippen LogP contribution in [0.4, 0.5) is 0 Å². The minimum atomic E-state index is -1.26. The van der Waals surface area contributed by atoms with Crippen LogP contribution in [0.2, 0.25) is 6.04 Å². The van der Waals surface area contributed by atoms with Crippen molar-refractivity contribution in [2.45, 2.75) is 25.8 Å². The number of hydrogen-bond acceptors (Lipinski definition) is 3. The molecule has 0 spiro atoms. The van der Waals surface area contributed by atoms with Gasteiger partial charge in [0.05, 0.1) is 0 Å². The lowest BCUT2D eigenvalue weighted by molar-refractivity contribution is -0.0927. The van der Waals surface area contributed by atoms with Crippen LogP contribution in [0.25, 0.3) is 0 Å². The van der Waals surface area contributed by atoms with Crippen LogP contribution in [0.3, 0.4) is 0 Å². The van der Waals surface area contributed by atoms with Gasteiger partial charge in [-0.05, 0) is 6.04 Å². The van der Waals surface area contributed by atoms with Gasteiger partial charge in [0.1, 0.15) is 0 Å². The Morgan fingerprint density at radius 3 is 3.00 bits per heavy atom. The molecule has 0 aromatic rings. The van der Waals surface area contributed by atoms with Gasteiger partial charge in [0.2, 0.25) is 0 Å². The quantitative estimate of drug-likeness (QED) is 0.433. The zero-order valence-electron chi connectivity index (χ0n) is 5.63. The van der Waals surface area contributed by atoms with Crippen molar-refractivity contribution in [3.8, 4) is 0 Å². The Morgan fingerprint density at radius 1 is 1.56 bits per heavy atom. The third-order valence-corrected chi connectivity index (χ3v) is 5.04. The molecular formula is C4H12O3Si2. The van der Waals surface area contributed by atoms with E-state index in [9.17, 15) is 0 Å². The van der Waals surface area contributed by atoms with Crippen molar-refractivity contribution in [1.29, 1.82) is 0 Å². The minimum absolute atomic E-state index is 0.693. The Hall–Kier alpha value is 0.314. The van der Waals surface area contributed by atoms with E-state index >= 15 is 0 Å². The summed E-state index contributed by atoms with van der Waals surface area (Å²) in [5.74, 6) is 0. The lowest BCUT2D eigenvalue weighted by Gasteiger charge is -2.00. The zero-order valence-corrected chi connectivity index (χ0v) is 8.20. The van der Waals surface area contributed by atoms with Crippen molar-refractivity contribution in [3.05, 3.63) is 0 Å². The monoisotopic (exact) mass is 164 g/mol. The number of unbranched alkanes of at least 4 members (excludes halogenated alkanes) is 1. The van der Waals surface area contributed by atoms with E-state index in [1.54, 1.807) is 0 Å². The molecule has 1 aliphatic heterocycles. The van der Waals surface area contributed by atoms with Crippen LogP contribution < -0.4 is 0 Å². The molecule has 0 radical (unpaired) electrons. The van der Waals surface area contributed by atoms with Crippen molar-refractivity contribution in [2.24, 2.45) is 0 Å². The summed E-state index contributed by atoms with van der Waals surface area (Å²) >= 11 is 0. The molecular weight excluding hydrogens is 152 g/mol. The van der Waals surface area contributed by atoms with Gasteiger partial charge in [0, 0.05) is 0 Å². The van der Waals surface area contributed by atoms with Gasteiger partial charge < -0.3 is 4.12 Å². The third-order valence-electron chi connectivity index (χ3n) is 1.27. The molecule has 0 amide bonds. The Morgan fingerprint density at radius 2 is 2.44 bits per heavy atom. The second-order valence-corrected chi connectivity index (χ2v) is 5.50. The molecule has 1 unspecified atom stereocenters. The SMILES string of the molecule is CCCC[SiH]1OO[SiH2]O1. The molecule has 3 nitrogen and oxygen atoms in total. The minimum Gasteiger partial charge on any atom is -0.418 e. The molecule has 0 saturated carbocycles. The summed E-state index contributed by atoms with van der Waals surface area (Å²) in [4.78, 5) is 0. The first kappa shape index (κ1) is 7.42. The van der Waals surface area contributed by atoms with Crippen LogP contribution in [0, 0.1) is 0 Å². The summed E-state index contributed by atoms with van der Waals surface area (Å²) in [7, 11) is -1.95. The van der Waals surface area contributed by atoms with Gasteiger partial charge in [-0.1, -0.05) is 19.8 Å². The maximum Gasteiger partial charge on any atom is 0.349 e. The highest BCUT2D eigenvalue weighted by atomic mass is 28.4. The summed E-state index contributed by atoms with van der Waals surface area (Å²) in [6.45, 7) is 2.17. The van der Waals surface area contributed by atoms with E-state index in [1.807, 2.05) is 0 Å². The highest BCUT2D eigenvalue weighted by Gasteiger charge is 2.19. The van der Waals surface area contributed by atoms with E-state index in [2.05, 4.69) is 6.92 Å². The number of hydrogen-bond donors (Lipinski definition) is 0. The molecule has 1 atom stereocenters. The fourth-order valence-corrected chi connectivity index (χ4v) is 4.12. The van der Waals surface area contributed by atoms with Crippen molar-refractivity contribution in [1.82, 2.24) is 0 Å². The van der Waals surface area contributed by atoms with Gasteiger partial charge in [-0.3, -0.25) is 9.15 Å². The topological polar surface area (TPSA) is 27.7 Å². The fourth-order valence-electron chi connectivity index (χ4n) is 0.737. The fraction of sp³-hybridized carbons (Fsp3) is 1.00. The van der Waals surface area contributed by atoms with E-state index in [0.717, 1.165) is 6.04 Å². The molecule has 5 heteroatoms. The van der Waals surface area contributed by atoms with Crippen molar-refractivity contribution in [3.63, 3.8) is 0 Å². The van der Waals surface area contributed by atoms with Crippen LogP contribution in [-0.2, 0) is 13.3 Å². The van der Waals surface area contributed by atoms with Crippen molar-refractivity contribution >= 4 is 19.3 Å². The lowest BCUT2D eigenvalue weighted by atomic mass is 10.4. The van der Waals surface area contributed by atoms with Crippen LogP contribution in [0.1, 0.15) is 19.8 Å². The van der Waals surface area contributed by atoms with Gasteiger partial charge in [-0.15, -0.1) is 0 Å². The summed E-state index contributed by atoms with van der Waals surface area (Å²) in [5, 5.41) is 0. The van der Waals surface area contributed by atoms with E-state index in [1.165, 1.54) is 12.8 Å². The van der Waals surface area contributed by atoms with Crippen molar-refractivity contribution in [2.75, 3.05) is 0 Å². The summed E-state index contributed by atoms with van der Waals surface area (Å²) < 4.78 is 15.0. The molecule has 1 fully saturated rings. The van der Waals surface area contributed by atoms with Gasteiger partial charge in [-0.25, -0.2) is 0 Å². The normalized spacial score (nSPS) is 29.7. The van der Waals surface area contributed by atoms with Gasteiger partial charge in [0.15, 0.2) is 0 Å². The second-order valence-electron chi connectivity index (χ2n) is 2.07. The molecule has 1 heterocycles. The standard InChI is InChI=1S/C4H12O3Si2/c1-2-3-4-9-6-5-8-7-9/h9H,2-4,8H2,1H3. The van der Waals surface area contributed by atoms with Crippen molar-refractivity contribution < 1.29 is 13.3 Å². The van der Waals surface area contributed by atoms with Crippen LogP contribution in [-0.4, -0.2) is 19.3 Å². The van der Waals surface area contributed by atoms with Crippen LogP contribution >= 0.6 is 0 Å². The Labute approximate surface area is 59.1 Å². The maximum atomic E-state index is 5.29. The van der Waals surface area contributed by atoms with E-state index in [4.69, 9.17) is 13.3 Å². The largest absolute Gasteiger partial charge is 0.418 e. The molecule has 0 aromatic carbocycles. The van der Waals surface area contributed by atoms with Gasteiger partial charge in [0.25, 0.3) is 0 Å². The predicted octanol–water partition coefficient (Wildman–Crippen LogP) is -0.0158. The first-order valence-corrected chi connectivity index (χ1v) is 6.24. The molecule has 9 heavy (non-hydrogen) atoms. The molecule has 0 N–H and O–H groups in total. The molecule has 1 rings (SSSR count). The molecule has 0 aromatic heterocycles. The maximum absolute atomic E-state index is 5.29. The Balaban J connectivity index is 1.98. The van der Waals surface area contributed by atoms with E-state index in [0.29, 0.717) is 0 Å². The smallest absolute Gasteiger partial charge is 0.349 e. The van der Waals surface area contributed by atoms with Gasteiger partial charge >= 0.3 is 19.3 Å². The summed E-state index contributed by atoms with van der Waals surface area (Å²) in [6.07, 6.45) is 2.44. The van der Waals surface area contributed by atoms with Crippen LogP contribution in [0.5, 0.6) is 0 Å². The van der Waals surface area contributed by atoms with Gasteiger partial charge in [-0.2, -0.15) is 0 Å². The number of rotatable bonds is 3. The van der Waals surface area contributed by atoms with Crippen LogP contribution in [0.15, 0.2) is 0 Å². The molecule has 0 aliphatic carbocycles. The first-order chi connectivity index (χ1) is 4.43. The first-order valence-electron chi connectivity index (χ1n) is 3.33. The molecule has 1 aliphatic rings. The highest BCUT2D eigenvalue weighted by Crippen LogP contribution is 2.07. The Kier molecular flexibility index (Phi) is 3.45. The van der Waals surface area contributed by atoms with E-state index < -0.39 is 19.3 Å². The molecule has 1 saturated heterocycles. The lowest BCUT2D eigenvalue weighted by Crippen LogP contribution is -2.12. The third kappa shape index (κ3) is 2.59. The predicted molar refractivity (Wildman–Crippen MR) is 38.7 cm³/mol. The Bertz CT molecular complexity index is 74.2. The second kappa shape index (κ2) is 4.18. The zero-order chi connectivity index (χ0) is 6.53. The molecule has 0 bridgehead atoms.